The summed E-state index contributed by atoms with van der Waals surface area (Å²) in [5.41, 5.74) is 2.46. The van der Waals surface area contributed by atoms with Crippen LogP contribution in [0, 0.1) is 0 Å². The fourth-order valence-corrected chi connectivity index (χ4v) is 4.01. The van der Waals surface area contributed by atoms with Crippen molar-refractivity contribution in [3.63, 3.8) is 0 Å². The van der Waals surface area contributed by atoms with Crippen molar-refractivity contribution >= 4 is 21.6 Å². The molecule has 0 aliphatic rings. The zero-order valence-corrected chi connectivity index (χ0v) is 13.3. The Hall–Kier alpha value is -1.26. The van der Waals surface area contributed by atoms with E-state index in [1.54, 1.807) is 14.2 Å². The molecule has 2 aromatic rings. The highest BCUT2D eigenvalue weighted by atomic mass is 33.1. The van der Waals surface area contributed by atoms with E-state index < -0.39 is 0 Å². The van der Waals surface area contributed by atoms with Crippen LogP contribution in [0.15, 0.2) is 48.5 Å². The summed E-state index contributed by atoms with van der Waals surface area (Å²) in [7, 11) is 7.09. The molecule has 2 aromatic carbocycles. The lowest BCUT2D eigenvalue weighted by Gasteiger charge is -2.09. The number of benzene rings is 2. The molecule has 0 heterocycles. The quantitative estimate of drug-likeness (QED) is 0.541. The van der Waals surface area contributed by atoms with Crippen molar-refractivity contribution < 1.29 is 9.47 Å². The van der Waals surface area contributed by atoms with Gasteiger partial charge >= 0.3 is 0 Å². The molecule has 0 unspecified atom stereocenters. The Kier molecular flexibility index (Phi) is 6.15. The molecule has 0 atom stereocenters. The molecule has 0 aliphatic heterocycles. The fraction of sp³-hybridized carbons (Fsp3) is 0.250. The van der Waals surface area contributed by atoms with Crippen LogP contribution in [-0.4, -0.2) is 14.2 Å². The predicted octanol–water partition coefficient (Wildman–Crippen LogP) is 4.79. The maximum absolute atomic E-state index is 5.35. The lowest BCUT2D eigenvalue weighted by atomic mass is 10.2. The third-order valence-corrected chi connectivity index (χ3v) is 5.13. The van der Waals surface area contributed by atoms with Gasteiger partial charge in [0.15, 0.2) is 0 Å². The Morgan fingerprint density at radius 2 is 1.10 bits per heavy atom. The average Bonchev–Trinajstić information content (AvgIpc) is 2.52. The van der Waals surface area contributed by atoms with Crippen LogP contribution < -0.4 is 9.47 Å². The maximum Gasteiger partial charge on any atom is 0.122 e. The largest absolute Gasteiger partial charge is 0.496 e. The third-order valence-electron chi connectivity index (χ3n) is 2.90. The van der Waals surface area contributed by atoms with Crippen LogP contribution in [0.3, 0.4) is 0 Å². The standard InChI is InChI=1S/C16H18O2S2/c1-17-15-9-5-3-7-13(15)11-19-20-12-14-8-4-6-10-16(14)18-2/h3-10H,11-12H2,1-2H3. The van der Waals surface area contributed by atoms with E-state index in [0.717, 1.165) is 23.0 Å². The van der Waals surface area contributed by atoms with E-state index in [1.165, 1.54) is 11.1 Å². The van der Waals surface area contributed by atoms with Gasteiger partial charge in [-0.05, 0) is 12.1 Å². The normalized spacial score (nSPS) is 10.3. The fourth-order valence-electron chi connectivity index (χ4n) is 1.85. The van der Waals surface area contributed by atoms with Gasteiger partial charge in [-0.15, -0.1) is 0 Å². The number of hydrogen-bond donors (Lipinski definition) is 0. The van der Waals surface area contributed by atoms with Crippen molar-refractivity contribution in [2.45, 2.75) is 11.5 Å². The van der Waals surface area contributed by atoms with Crippen LogP contribution >= 0.6 is 21.6 Å². The zero-order chi connectivity index (χ0) is 14.2. The second kappa shape index (κ2) is 8.12. The summed E-state index contributed by atoms with van der Waals surface area (Å²) in [5.74, 6) is 3.78. The van der Waals surface area contributed by atoms with E-state index in [2.05, 4.69) is 12.1 Å². The number of hydrogen-bond acceptors (Lipinski definition) is 4. The first-order chi connectivity index (χ1) is 9.85. The molecule has 0 amide bonds. The van der Waals surface area contributed by atoms with Gasteiger partial charge in [0.05, 0.1) is 14.2 Å². The summed E-state index contributed by atoms with van der Waals surface area (Å²) in [6, 6.07) is 16.3. The van der Waals surface area contributed by atoms with Crippen LogP contribution in [0.2, 0.25) is 0 Å². The third kappa shape index (κ3) is 4.12. The summed E-state index contributed by atoms with van der Waals surface area (Å²) in [6.07, 6.45) is 0. The van der Waals surface area contributed by atoms with E-state index in [4.69, 9.17) is 9.47 Å². The molecule has 0 saturated carbocycles. The summed E-state index contributed by atoms with van der Waals surface area (Å²) in [6.45, 7) is 0. The first-order valence-corrected chi connectivity index (χ1v) is 8.82. The second-order valence-corrected chi connectivity index (χ2v) is 6.61. The first-order valence-electron chi connectivity index (χ1n) is 6.33. The van der Waals surface area contributed by atoms with Crippen molar-refractivity contribution in [1.82, 2.24) is 0 Å². The van der Waals surface area contributed by atoms with Gasteiger partial charge < -0.3 is 9.47 Å². The Morgan fingerprint density at radius 3 is 1.50 bits per heavy atom. The molecule has 2 nitrogen and oxygen atoms in total. The average molecular weight is 306 g/mol. The SMILES string of the molecule is COc1ccccc1CSSCc1ccccc1OC. The summed E-state index contributed by atoms with van der Waals surface area (Å²) < 4.78 is 10.7. The van der Waals surface area contributed by atoms with Crippen LogP contribution in [0.25, 0.3) is 0 Å². The van der Waals surface area contributed by atoms with Crippen molar-refractivity contribution in [2.24, 2.45) is 0 Å². The molecule has 20 heavy (non-hydrogen) atoms. The van der Waals surface area contributed by atoms with E-state index in [1.807, 2.05) is 58.0 Å². The molecular formula is C16H18O2S2. The molecule has 0 saturated heterocycles. The molecule has 2 rings (SSSR count). The summed E-state index contributed by atoms with van der Waals surface area (Å²) in [5, 5.41) is 0. The van der Waals surface area contributed by atoms with E-state index in [9.17, 15) is 0 Å². The van der Waals surface area contributed by atoms with Gasteiger partial charge in [-0.1, -0.05) is 58.0 Å². The second-order valence-electron chi connectivity index (χ2n) is 4.15. The topological polar surface area (TPSA) is 18.5 Å². The maximum atomic E-state index is 5.35. The molecule has 4 heteroatoms. The molecule has 106 valence electrons. The molecule has 0 spiro atoms. The smallest absolute Gasteiger partial charge is 0.122 e. The van der Waals surface area contributed by atoms with Crippen molar-refractivity contribution in [3.05, 3.63) is 59.7 Å². The van der Waals surface area contributed by atoms with Crippen LogP contribution in [-0.2, 0) is 11.5 Å². The number of ether oxygens (including phenoxy) is 2. The molecule has 0 radical (unpaired) electrons. The van der Waals surface area contributed by atoms with Crippen molar-refractivity contribution in [2.75, 3.05) is 14.2 Å². The number of methoxy groups -OCH3 is 2. The van der Waals surface area contributed by atoms with Gasteiger partial charge in [-0.3, -0.25) is 0 Å². The van der Waals surface area contributed by atoms with Gasteiger partial charge in [-0.2, -0.15) is 0 Å². The Labute approximate surface area is 128 Å². The van der Waals surface area contributed by atoms with Crippen molar-refractivity contribution in [1.29, 1.82) is 0 Å². The van der Waals surface area contributed by atoms with Crippen molar-refractivity contribution in [3.8, 4) is 11.5 Å². The lowest BCUT2D eigenvalue weighted by molar-refractivity contribution is 0.411. The van der Waals surface area contributed by atoms with Crippen LogP contribution in [0.1, 0.15) is 11.1 Å². The number of rotatable bonds is 7. The molecule has 0 N–H and O–H groups in total. The highest BCUT2D eigenvalue weighted by Crippen LogP contribution is 2.34. The first kappa shape index (κ1) is 15.1. The highest BCUT2D eigenvalue weighted by molar-refractivity contribution is 8.76. The van der Waals surface area contributed by atoms with Crippen LogP contribution in [0.5, 0.6) is 11.5 Å². The number of para-hydroxylation sites is 2. The van der Waals surface area contributed by atoms with E-state index >= 15 is 0 Å². The minimum Gasteiger partial charge on any atom is -0.496 e. The van der Waals surface area contributed by atoms with Gasteiger partial charge in [0, 0.05) is 22.6 Å². The van der Waals surface area contributed by atoms with Gasteiger partial charge in [0.25, 0.3) is 0 Å². The highest BCUT2D eigenvalue weighted by Gasteiger charge is 2.04. The molecular weight excluding hydrogens is 288 g/mol. The monoisotopic (exact) mass is 306 g/mol. The molecule has 0 aromatic heterocycles. The Bertz CT molecular complexity index is 494. The molecule has 0 bridgehead atoms. The predicted molar refractivity (Wildman–Crippen MR) is 88.6 cm³/mol. The lowest BCUT2D eigenvalue weighted by Crippen LogP contribution is -1.90. The summed E-state index contributed by atoms with van der Waals surface area (Å²) >= 11 is 0. The Balaban J connectivity index is 1.84. The van der Waals surface area contributed by atoms with E-state index in [-0.39, 0.29) is 0 Å². The Morgan fingerprint density at radius 1 is 0.700 bits per heavy atom. The molecule has 0 fully saturated rings. The molecule has 0 aliphatic carbocycles. The zero-order valence-electron chi connectivity index (χ0n) is 11.7. The van der Waals surface area contributed by atoms with Gasteiger partial charge in [0.2, 0.25) is 0 Å². The minimum atomic E-state index is 0.934. The van der Waals surface area contributed by atoms with Gasteiger partial charge in [0.1, 0.15) is 11.5 Å². The summed E-state index contributed by atoms with van der Waals surface area (Å²) in [4.78, 5) is 0. The van der Waals surface area contributed by atoms with E-state index in [0.29, 0.717) is 0 Å². The van der Waals surface area contributed by atoms with Gasteiger partial charge in [-0.25, -0.2) is 0 Å². The minimum absolute atomic E-state index is 0.934. The van der Waals surface area contributed by atoms with Crippen LogP contribution in [0.4, 0.5) is 0 Å².